The van der Waals surface area contributed by atoms with Gasteiger partial charge in [0.1, 0.15) is 12.9 Å². The van der Waals surface area contributed by atoms with Crippen LogP contribution in [0.1, 0.15) is 42.4 Å². The molecule has 6 nitrogen and oxygen atoms in total. The number of oxime groups is 1. The first-order valence-corrected chi connectivity index (χ1v) is 9.71. The zero-order chi connectivity index (χ0) is 18.8. The van der Waals surface area contributed by atoms with E-state index in [-0.39, 0.29) is 5.12 Å². The van der Waals surface area contributed by atoms with E-state index in [2.05, 4.69) is 5.16 Å². The van der Waals surface area contributed by atoms with Gasteiger partial charge in [0, 0.05) is 16.9 Å². The van der Waals surface area contributed by atoms with Gasteiger partial charge in [0.25, 0.3) is 0 Å². The lowest BCUT2D eigenvalue weighted by Gasteiger charge is -2.31. The molecular weight excluding hydrogens is 354 g/mol. The molecular formula is C19H25NO5S. The molecule has 1 saturated carbocycles. The molecule has 1 heterocycles. The summed E-state index contributed by atoms with van der Waals surface area (Å²) in [6, 6.07) is 1.92. The van der Waals surface area contributed by atoms with Gasteiger partial charge in [-0.05, 0) is 50.3 Å². The number of thioether (sulfide) groups is 1. The van der Waals surface area contributed by atoms with Crippen molar-refractivity contribution >= 4 is 22.6 Å². The molecule has 1 aliphatic heterocycles. The van der Waals surface area contributed by atoms with E-state index in [0.717, 1.165) is 51.2 Å². The van der Waals surface area contributed by atoms with Crippen molar-refractivity contribution < 1.29 is 24.6 Å². The number of ether oxygens (including phenoxy) is 1. The predicted molar refractivity (Wildman–Crippen MR) is 99.8 cm³/mol. The minimum atomic E-state index is -0.785. The fraction of sp³-hybridized carbons (Fsp3) is 0.579. The standard InChI is InChI=1S/C19H25NO5S/c1-10-9-15(26-19(23)17-13(21)5-4-6-14(17)22)11(2)16-12(20-24-3)7-8-25-18(10)16/h9,13-14,17,21-22H,4-8H2,1-3H3/b20-12+. The zero-order valence-corrected chi connectivity index (χ0v) is 16.1. The van der Waals surface area contributed by atoms with E-state index in [1.54, 1.807) is 0 Å². The maximum atomic E-state index is 12.8. The van der Waals surface area contributed by atoms with Crippen molar-refractivity contribution in [2.45, 2.75) is 56.6 Å². The van der Waals surface area contributed by atoms with Crippen molar-refractivity contribution in [3.05, 3.63) is 22.8 Å². The summed E-state index contributed by atoms with van der Waals surface area (Å²) in [6.07, 6.45) is 0.910. The van der Waals surface area contributed by atoms with Gasteiger partial charge in [-0.1, -0.05) is 16.9 Å². The molecule has 0 aromatic heterocycles. The molecule has 0 saturated heterocycles. The Morgan fingerprint density at radius 1 is 1.31 bits per heavy atom. The van der Waals surface area contributed by atoms with E-state index < -0.39 is 18.1 Å². The van der Waals surface area contributed by atoms with Gasteiger partial charge < -0.3 is 19.8 Å². The Labute approximate surface area is 157 Å². The van der Waals surface area contributed by atoms with Crippen LogP contribution in [-0.4, -0.2) is 47.0 Å². The fourth-order valence-corrected chi connectivity index (χ4v) is 4.88. The first-order valence-electron chi connectivity index (χ1n) is 8.89. The SMILES string of the molecule is CO/N=C1\CCOc2c(C)cc(SC(=O)C3C(O)CCCC3O)c(C)c21. The Balaban J connectivity index is 1.94. The summed E-state index contributed by atoms with van der Waals surface area (Å²) in [4.78, 5) is 18.6. The molecule has 7 heteroatoms. The molecule has 1 aliphatic carbocycles. The van der Waals surface area contributed by atoms with Crippen molar-refractivity contribution in [2.75, 3.05) is 13.7 Å². The van der Waals surface area contributed by atoms with Gasteiger partial charge in [0.05, 0.1) is 30.4 Å². The predicted octanol–water partition coefficient (Wildman–Crippen LogP) is 2.58. The van der Waals surface area contributed by atoms with Gasteiger partial charge in [-0.15, -0.1) is 0 Å². The number of hydrogen-bond acceptors (Lipinski definition) is 7. The van der Waals surface area contributed by atoms with Crippen LogP contribution in [0.15, 0.2) is 16.1 Å². The van der Waals surface area contributed by atoms with Gasteiger partial charge in [0.15, 0.2) is 0 Å². The van der Waals surface area contributed by atoms with Crippen molar-refractivity contribution in [1.29, 1.82) is 0 Å². The Morgan fingerprint density at radius 2 is 2.00 bits per heavy atom. The van der Waals surface area contributed by atoms with Gasteiger partial charge in [0.2, 0.25) is 5.12 Å². The van der Waals surface area contributed by atoms with Gasteiger partial charge in [-0.3, -0.25) is 4.79 Å². The second-order valence-corrected chi connectivity index (χ2v) is 7.90. The quantitative estimate of drug-likeness (QED) is 0.620. The number of rotatable bonds is 3. The second-order valence-electron chi connectivity index (χ2n) is 6.85. The van der Waals surface area contributed by atoms with Crippen LogP contribution < -0.4 is 4.74 Å². The number of aryl methyl sites for hydroxylation is 1. The number of hydrogen-bond donors (Lipinski definition) is 2. The third-order valence-electron chi connectivity index (χ3n) is 5.06. The van der Waals surface area contributed by atoms with E-state index in [0.29, 0.717) is 25.9 Å². The monoisotopic (exact) mass is 379 g/mol. The summed E-state index contributed by atoms with van der Waals surface area (Å²) in [5.74, 6) is 0.0342. The van der Waals surface area contributed by atoms with Gasteiger partial charge in [-0.25, -0.2) is 0 Å². The lowest BCUT2D eigenvalue weighted by molar-refractivity contribution is -0.125. The molecule has 2 N–H and O–H groups in total. The molecule has 0 amide bonds. The normalized spacial score (nSPS) is 27.0. The van der Waals surface area contributed by atoms with Crippen molar-refractivity contribution in [1.82, 2.24) is 0 Å². The lowest BCUT2D eigenvalue weighted by Crippen LogP contribution is -2.40. The molecule has 0 radical (unpaired) electrons. The largest absolute Gasteiger partial charge is 0.492 e. The van der Waals surface area contributed by atoms with E-state index in [1.165, 1.54) is 7.11 Å². The summed E-state index contributed by atoms with van der Waals surface area (Å²) < 4.78 is 5.81. The summed E-state index contributed by atoms with van der Waals surface area (Å²) in [6.45, 7) is 4.41. The van der Waals surface area contributed by atoms with E-state index >= 15 is 0 Å². The molecule has 3 rings (SSSR count). The van der Waals surface area contributed by atoms with Crippen molar-refractivity contribution in [3.63, 3.8) is 0 Å². The molecule has 2 aliphatic rings. The number of fused-ring (bicyclic) bond motifs is 1. The minimum absolute atomic E-state index is 0.200. The fourth-order valence-electron chi connectivity index (χ4n) is 3.72. The molecule has 0 bridgehead atoms. The number of benzene rings is 1. The topological polar surface area (TPSA) is 88.4 Å². The molecule has 1 aromatic rings. The van der Waals surface area contributed by atoms with Crippen LogP contribution in [0.3, 0.4) is 0 Å². The number of aliphatic hydroxyl groups is 2. The van der Waals surface area contributed by atoms with E-state index in [9.17, 15) is 15.0 Å². The molecule has 1 fully saturated rings. The summed E-state index contributed by atoms with van der Waals surface area (Å²) in [5.41, 5.74) is 3.51. The van der Waals surface area contributed by atoms with Crippen LogP contribution >= 0.6 is 11.8 Å². The van der Waals surface area contributed by atoms with Crippen LogP contribution in [0.4, 0.5) is 0 Å². The number of aliphatic hydroxyl groups excluding tert-OH is 2. The third kappa shape index (κ3) is 3.61. The molecule has 26 heavy (non-hydrogen) atoms. The Kier molecular flexibility index (Phi) is 5.89. The molecule has 0 spiro atoms. The second kappa shape index (κ2) is 7.98. The highest BCUT2D eigenvalue weighted by atomic mass is 32.2. The molecule has 2 unspecified atom stereocenters. The smallest absolute Gasteiger partial charge is 0.201 e. The Morgan fingerprint density at radius 3 is 2.65 bits per heavy atom. The zero-order valence-electron chi connectivity index (χ0n) is 15.3. The average Bonchev–Trinajstić information content (AvgIpc) is 2.59. The maximum absolute atomic E-state index is 12.8. The first kappa shape index (κ1) is 19.2. The highest BCUT2D eigenvalue weighted by Gasteiger charge is 2.37. The molecule has 1 aromatic carbocycles. The van der Waals surface area contributed by atoms with E-state index in [4.69, 9.17) is 9.57 Å². The Hall–Kier alpha value is -1.57. The van der Waals surface area contributed by atoms with Gasteiger partial charge >= 0.3 is 0 Å². The van der Waals surface area contributed by atoms with Crippen LogP contribution in [0.5, 0.6) is 5.75 Å². The summed E-state index contributed by atoms with van der Waals surface area (Å²) in [7, 11) is 1.51. The first-order chi connectivity index (χ1) is 12.4. The average molecular weight is 379 g/mol. The summed E-state index contributed by atoms with van der Waals surface area (Å²) in [5, 5.41) is 24.3. The van der Waals surface area contributed by atoms with Gasteiger partial charge in [-0.2, -0.15) is 0 Å². The maximum Gasteiger partial charge on any atom is 0.201 e. The number of nitrogens with zero attached hydrogens (tertiary/aromatic N) is 1. The van der Waals surface area contributed by atoms with Crippen molar-refractivity contribution in [3.8, 4) is 5.75 Å². The van der Waals surface area contributed by atoms with Crippen molar-refractivity contribution in [2.24, 2.45) is 11.1 Å². The van der Waals surface area contributed by atoms with Crippen LogP contribution in [0, 0.1) is 19.8 Å². The van der Waals surface area contributed by atoms with Crippen LogP contribution in [0.2, 0.25) is 0 Å². The molecule has 2 atom stereocenters. The van der Waals surface area contributed by atoms with Crippen LogP contribution in [0.25, 0.3) is 0 Å². The minimum Gasteiger partial charge on any atom is -0.492 e. The van der Waals surface area contributed by atoms with Crippen LogP contribution in [-0.2, 0) is 9.63 Å². The number of carbonyl (C=O) groups is 1. The lowest BCUT2D eigenvalue weighted by atomic mass is 9.85. The highest BCUT2D eigenvalue weighted by Crippen LogP contribution is 2.40. The molecule has 142 valence electrons. The summed E-state index contributed by atoms with van der Waals surface area (Å²) >= 11 is 1.08. The highest BCUT2D eigenvalue weighted by molar-refractivity contribution is 8.13. The Bertz CT molecular complexity index is 723. The van der Waals surface area contributed by atoms with E-state index in [1.807, 2.05) is 19.9 Å². The third-order valence-corrected chi connectivity index (χ3v) is 6.18. The number of carbonyl (C=O) groups excluding carboxylic acids is 1.